The van der Waals surface area contributed by atoms with Gasteiger partial charge in [0.1, 0.15) is 4.90 Å². The highest BCUT2D eigenvalue weighted by molar-refractivity contribution is 8.00. The van der Waals surface area contributed by atoms with E-state index in [-0.39, 0.29) is 4.90 Å². The number of pyridine rings is 1. The Morgan fingerprint density at radius 2 is 1.92 bits per heavy atom. The Hall–Kier alpha value is -1.48. The van der Waals surface area contributed by atoms with Crippen molar-refractivity contribution in [3.05, 3.63) is 46.7 Å². The number of amides is 2. The third-order valence-electron chi connectivity index (χ3n) is 2.86. The third kappa shape index (κ3) is 5.78. The van der Waals surface area contributed by atoms with Crippen molar-refractivity contribution >= 4 is 51.0 Å². The van der Waals surface area contributed by atoms with Gasteiger partial charge in [0, 0.05) is 38.8 Å². The molecule has 1 aromatic carbocycles. The van der Waals surface area contributed by atoms with Crippen LogP contribution in [0.4, 0.5) is 4.79 Å². The first-order valence-corrected chi connectivity index (χ1v) is 10.3. The fourth-order valence-electron chi connectivity index (χ4n) is 1.82. The second-order valence-corrected chi connectivity index (χ2v) is 8.53. The van der Waals surface area contributed by atoms with Gasteiger partial charge in [-0.05, 0) is 30.7 Å². The summed E-state index contributed by atoms with van der Waals surface area (Å²) in [4.78, 5) is 16.5. The number of benzene rings is 1. The van der Waals surface area contributed by atoms with Crippen molar-refractivity contribution in [1.82, 2.24) is 15.0 Å². The molecular weight excluding hydrogens is 405 g/mol. The van der Waals surface area contributed by atoms with Crippen LogP contribution in [0.15, 0.2) is 51.3 Å². The van der Waals surface area contributed by atoms with E-state index in [1.54, 1.807) is 18.2 Å². The van der Waals surface area contributed by atoms with Crippen molar-refractivity contribution in [2.24, 2.45) is 0 Å². The van der Waals surface area contributed by atoms with Crippen LogP contribution in [0.2, 0.25) is 10.0 Å². The van der Waals surface area contributed by atoms with Gasteiger partial charge >= 0.3 is 6.03 Å². The molecule has 0 saturated carbocycles. The molecule has 2 rings (SSSR count). The number of rotatable bonds is 6. The molecule has 0 aliphatic rings. The van der Waals surface area contributed by atoms with E-state index in [1.807, 2.05) is 11.6 Å². The lowest BCUT2D eigenvalue weighted by molar-refractivity contribution is 0.246. The molecule has 2 N–H and O–H groups in total. The first kappa shape index (κ1) is 19.8. The summed E-state index contributed by atoms with van der Waals surface area (Å²) in [6, 6.07) is 5.66. The Morgan fingerprint density at radius 1 is 1.24 bits per heavy atom. The summed E-state index contributed by atoms with van der Waals surface area (Å²) in [5.74, 6) is 0. The first-order chi connectivity index (χ1) is 11.8. The van der Waals surface area contributed by atoms with Crippen molar-refractivity contribution in [1.29, 1.82) is 0 Å². The van der Waals surface area contributed by atoms with E-state index in [9.17, 15) is 13.2 Å². The van der Waals surface area contributed by atoms with Gasteiger partial charge in [-0.15, -0.1) is 0 Å². The number of hydrogen-bond acceptors (Lipinski definition) is 5. The van der Waals surface area contributed by atoms with Crippen LogP contribution in [0.25, 0.3) is 0 Å². The molecule has 2 amide bonds. The van der Waals surface area contributed by atoms with E-state index < -0.39 is 16.1 Å². The summed E-state index contributed by atoms with van der Waals surface area (Å²) >= 11 is 13.1. The lowest BCUT2D eigenvalue weighted by Gasteiger charge is -2.11. The Labute approximate surface area is 160 Å². The number of carbonyl (C=O) groups is 1. The summed E-state index contributed by atoms with van der Waals surface area (Å²) in [5, 5.41) is 3.32. The van der Waals surface area contributed by atoms with Gasteiger partial charge < -0.3 is 5.32 Å². The van der Waals surface area contributed by atoms with Crippen molar-refractivity contribution in [3.8, 4) is 0 Å². The fraction of sp³-hybridized carbons (Fsp3) is 0.200. The quantitative estimate of drug-likeness (QED) is 0.739. The maximum atomic E-state index is 12.5. The third-order valence-corrected chi connectivity index (χ3v) is 5.83. The average molecular weight is 420 g/mol. The molecule has 0 aliphatic carbocycles. The Bertz CT molecular complexity index is 856. The highest BCUT2D eigenvalue weighted by atomic mass is 35.5. The number of sulfonamides is 1. The van der Waals surface area contributed by atoms with Gasteiger partial charge in [-0.25, -0.2) is 17.9 Å². The molecule has 0 unspecified atom stereocenters. The van der Waals surface area contributed by atoms with Gasteiger partial charge in [-0.2, -0.15) is 0 Å². The van der Waals surface area contributed by atoms with Crippen LogP contribution in [0.5, 0.6) is 0 Å². The molecule has 0 aliphatic heterocycles. The minimum absolute atomic E-state index is 0.109. The van der Waals surface area contributed by atoms with Gasteiger partial charge in [0.15, 0.2) is 0 Å². The van der Waals surface area contributed by atoms with E-state index in [4.69, 9.17) is 23.2 Å². The summed E-state index contributed by atoms with van der Waals surface area (Å²) < 4.78 is 26.9. The van der Waals surface area contributed by atoms with Gasteiger partial charge in [0.2, 0.25) is 0 Å². The molecule has 2 aromatic rings. The molecule has 0 fully saturated rings. The average Bonchev–Trinajstić information content (AvgIpc) is 2.52. The molecule has 6 nitrogen and oxygen atoms in total. The minimum atomic E-state index is -4.07. The fourth-order valence-corrected chi connectivity index (χ4v) is 4.80. The number of halogens is 2. The molecule has 0 saturated heterocycles. The zero-order chi connectivity index (χ0) is 18.4. The normalized spacial score (nSPS) is 11.2. The highest BCUT2D eigenvalue weighted by Gasteiger charge is 2.22. The summed E-state index contributed by atoms with van der Waals surface area (Å²) in [7, 11) is -4.07. The second-order valence-electron chi connectivity index (χ2n) is 4.89. The van der Waals surface area contributed by atoms with Crippen molar-refractivity contribution in [2.45, 2.75) is 28.0 Å². The first-order valence-electron chi connectivity index (χ1n) is 7.20. The molecule has 0 spiro atoms. The lowest BCUT2D eigenvalue weighted by atomic mass is 10.4. The molecule has 134 valence electrons. The number of nitrogens with one attached hydrogen (secondary N) is 2. The SMILES string of the molecule is CCCNC(=O)NS(=O)(=O)c1cnccc1Sc1cc(Cl)cc(Cl)c1. The number of hydrogen-bond donors (Lipinski definition) is 2. The molecule has 0 radical (unpaired) electrons. The highest BCUT2D eigenvalue weighted by Crippen LogP contribution is 2.35. The van der Waals surface area contributed by atoms with Crippen LogP contribution in [0.3, 0.4) is 0 Å². The van der Waals surface area contributed by atoms with Crippen LogP contribution in [0, 0.1) is 0 Å². The van der Waals surface area contributed by atoms with Crippen molar-refractivity contribution < 1.29 is 13.2 Å². The number of carbonyl (C=O) groups excluding carboxylic acids is 1. The van der Waals surface area contributed by atoms with Gasteiger partial charge in [-0.3, -0.25) is 4.98 Å². The molecule has 0 bridgehead atoms. The Balaban J connectivity index is 2.29. The van der Waals surface area contributed by atoms with Crippen LogP contribution in [-0.4, -0.2) is 26.0 Å². The van der Waals surface area contributed by atoms with E-state index in [2.05, 4.69) is 10.3 Å². The largest absolute Gasteiger partial charge is 0.337 e. The number of urea groups is 1. The van der Waals surface area contributed by atoms with E-state index in [0.29, 0.717) is 32.8 Å². The van der Waals surface area contributed by atoms with Crippen LogP contribution in [-0.2, 0) is 10.0 Å². The minimum Gasteiger partial charge on any atom is -0.337 e. The summed E-state index contributed by atoms with van der Waals surface area (Å²) in [5.41, 5.74) is 0. The Kier molecular flexibility index (Phi) is 6.95. The van der Waals surface area contributed by atoms with E-state index >= 15 is 0 Å². The van der Waals surface area contributed by atoms with Gasteiger partial charge in [0.05, 0.1) is 0 Å². The summed E-state index contributed by atoms with van der Waals surface area (Å²) in [6.07, 6.45) is 3.34. The van der Waals surface area contributed by atoms with Crippen LogP contribution >= 0.6 is 35.0 Å². The number of aromatic nitrogens is 1. The van der Waals surface area contributed by atoms with Crippen LogP contribution < -0.4 is 10.0 Å². The standard InChI is InChI=1S/C15H15Cl2N3O3S2/c1-2-4-19-15(21)20-25(22,23)14-9-18-5-3-13(14)24-12-7-10(16)6-11(17)8-12/h3,5-9H,2,4H2,1H3,(H2,19,20,21). The van der Waals surface area contributed by atoms with Gasteiger partial charge in [0.25, 0.3) is 10.0 Å². The number of nitrogens with zero attached hydrogens (tertiary/aromatic N) is 1. The lowest BCUT2D eigenvalue weighted by Crippen LogP contribution is -2.39. The molecule has 25 heavy (non-hydrogen) atoms. The second kappa shape index (κ2) is 8.75. The smallest absolute Gasteiger partial charge is 0.328 e. The molecular formula is C15H15Cl2N3O3S2. The monoisotopic (exact) mass is 419 g/mol. The van der Waals surface area contributed by atoms with E-state index in [0.717, 1.165) is 11.8 Å². The zero-order valence-corrected chi connectivity index (χ0v) is 16.3. The zero-order valence-electron chi connectivity index (χ0n) is 13.1. The summed E-state index contributed by atoms with van der Waals surface area (Å²) in [6.45, 7) is 2.23. The van der Waals surface area contributed by atoms with Crippen LogP contribution in [0.1, 0.15) is 13.3 Å². The van der Waals surface area contributed by atoms with E-state index in [1.165, 1.54) is 18.5 Å². The maximum absolute atomic E-state index is 12.5. The van der Waals surface area contributed by atoms with Crippen molar-refractivity contribution in [3.63, 3.8) is 0 Å². The maximum Gasteiger partial charge on any atom is 0.328 e. The predicted molar refractivity (Wildman–Crippen MR) is 98.8 cm³/mol. The Morgan fingerprint density at radius 3 is 2.56 bits per heavy atom. The van der Waals surface area contributed by atoms with Gasteiger partial charge in [-0.1, -0.05) is 41.9 Å². The topological polar surface area (TPSA) is 88.2 Å². The molecule has 1 aromatic heterocycles. The predicted octanol–water partition coefficient (Wildman–Crippen LogP) is 3.94. The molecule has 10 heteroatoms. The molecule has 0 atom stereocenters. The molecule has 1 heterocycles. The van der Waals surface area contributed by atoms with Crippen molar-refractivity contribution in [2.75, 3.05) is 6.54 Å².